The average molecular weight is 247 g/mol. The Labute approximate surface area is 107 Å². The molecule has 2 heterocycles. The lowest BCUT2D eigenvalue weighted by atomic mass is 10.1. The maximum Gasteiger partial charge on any atom is 0.186 e. The third-order valence-corrected chi connectivity index (χ3v) is 3.14. The molecule has 0 saturated heterocycles. The van der Waals surface area contributed by atoms with Gasteiger partial charge in [0.15, 0.2) is 5.65 Å². The third kappa shape index (κ3) is 3.18. The molecule has 2 aromatic heterocycles. The topological polar surface area (TPSA) is 69.6 Å². The second-order valence-electron chi connectivity index (χ2n) is 4.66. The molecule has 0 amide bonds. The molecule has 0 aliphatic carbocycles. The largest absolute Gasteiger partial charge is 0.383 e. The highest BCUT2D eigenvalue weighted by molar-refractivity contribution is 5.84. The van der Waals surface area contributed by atoms with Crippen LogP contribution in [0.5, 0.6) is 0 Å². The van der Waals surface area contributed by atoms with Crippen LogP contribution in [-0.4, -0.2) is 19.7 Å². The van der Waals surface area contributed by atoms with E-state index in [1.165, 1.54) is 38.4 Å². The Morgan fingerprint density at radius 1 is 1.11 bits per heavy atom. The number of nitrogens with zero attached hydrogens (tertiary/aromatic N) is 4. The van der Waals surface area contributed by atoms with Crippen LogP contribution in [0.25, 0.3) is 11.0 Å². The first-order valence-electron chi connectivity index (χ1n) is 6.75. The lowest BCUT2D eigenvalue weighted by molar-refractivity contribution is 0.529. The number of nitrogen functional groups attached to an aromatic ring is 1. The van der Waals surface area contributed by atoms with E-state index in [9.17, 15) is 0 Å². The standard InChI is InChI=1S/C13H21N5/c1-2-3-4-5-6-7-8-18-9-11-12(14)15-10-16-13(11)17-18/h9-10H,2-8H2,1H3,(H2,14,15,16,17). The summed E-state index contributed by atoms with van der Waals surface area (Å²) in [5, 5.41) is 5.24. The molecule has 0 radical (unpaired) electrons. The first kappa shape index (κ1) is 12.8. The van der Waals surface area contributed by atoms with Gasteiger partial charge < -0.3 is 5.73 Å². The molecule has 2 N–H and O–H groups in total. The van der Waals surface area contributed by atoms with Gasteiger partial charge in [-0.2, -0.15) is 5.10 Å². The molecule has 0 aromatic carbocycles. The summed E-state index contributed by atoms with van der Waals surface area (Å²) >= 11 is 0. The Bertz CT molecular complexity index is 491. The number of aryl methyl sites for hydroxylation is 1. The molecule has 0 bridgehead atoms. The summed E-state index contributed by atoms with van der Waals surface area (Å²) in [5.74, 6) is 0.509. The molecule has 2 rings (SSSR count). The van der Waals surface area contributed by atoms with Gasteiger partial charge in [-0.25, -0.2) is 9.97 Å². The van der Waals surface area contributed by atoms with Crippen molar-refractivity contribution < 1.29 is 0 Å². The van der Waals surface area contributed by atoms with Gasteiger partial charge in [-0.05, 0) is 6.42 Å². The molecule has 0 aliphatic rings. The van der Waals surface area contributed by atoms with Gasteiger partial charge in [0.05, 0.1) is 5.39 Å². The maximum absolute atomic E-state index is 5.77. The van der Waals surface area contributed by atoms with Crippen LogP contribution in [0.1, 0.15) is 45.4 Å². The molecule has 0 saturated carbocycles. The van der Waals surface area contributed by atoms with Gasteiger partial charge in [-0.1, -0.05) is 39.0 Å². The minimum atomic E-state index is 0.509. The summed E-state index contributed by atoms with van der Waals surface area (Å²) in [6.45, 7) is 3.17. The fraction of sp³-hybridized carbons (Fsp3) is 0.615. The van der Waals surface area contributed by atoms with Crippen LogP contribution in [0.4, 0.5) is 5.82 Å². The van der Waals surface area contributed by atoms with E-state index in [2.05, 4.69) is 22.0 Å². The van der Waals surface area contributed by atoms with Crippen molar-refractivity contribution in [2.24, 2.45) is 0 Å². The summed E-state index contributed by atoms with van der Waals surface area (Å²) in [7, 11) is 0. The molecule has 2 aromatic rings. The fourth-order valence-electron chi connectivity index (χ4n) is 2.07. The number of hydrogen-bond acceptors (Lipinski definition) is 4. The van der Waals surface area contributed by atoms with E-state index < -0.39 is 0 Å². The van der Waals surface area contributed by atoms with Crippen LogP contribution >= 0.6 is 0 Å². The smallest absolute Gasteiger partial charge is 0.186 e. The van der Waals surface area contributed by atoms with Crippen molar-refractivity contribution >= 4 is 16.9 Å². The van der Waals surface area contributed by atoms with Crippen molar-refractivity contribution in [3.8, 4) is 0 Å². The Hall–Kier alpha value is -1.65. The molecule has 18 heavy (non-hydrogen) atoms. The summed E-state index contributed by atoms with van der Waals surface area (Å²) < 4.78 is 1.93. The van der Waals surface area contributed by atoms with Gasteiger partial charge in [-0.3, -0.25) is 4.68 Å². The molecule has 0 fully saturated rings. The lowest BCUT2D eigenvalue weighted by Crippen LogP contribution is -1.98. The summed E-state index contributed by atoms with van der Waals surface area (Å²) in [6.07, 6.45) is 11.1. The molecule has 0 spiro atoms. The monoisotopic (exact) mass is 247 g/mol. The molecule has 0 aliphatic heterocycles. The van der Waals surface area contributed by atoms with E-state index in [1.54, 1.807) is 0 Å². The number of nitrogens with two attached hydrogens (primary N) is 1. The predicted octanol–water partition coefficient (Wildman–Crippen LogP) is 2.77. The summed E-state index contributed by atoms with van der Waals surface area (Å²) in [5.41, 5.74) is 6.46. The molecule has 5 nitrogen and oxygen atoms in total. The van der Waals surface area contributed by atoms with Gasteiger partial charge in [0.2, 0.25) is 0 Å². The third-order valence-electron chi connectivity index (χ3n) is 3.14. The Balaban J connectivity index is 1.83. The highest BCUT2D eigenvalue weighted by atomic mass is 15.3. The Morgan fingerprint density at radius 2 is 1.89 bits per heavy atom. The first-order valence-corrected chi connectivity index (χ1v) is 6.75. The van der Waals surface area contributed by atoms with Crippen LogP contribution < -0.4 is 5.73 Å². The summed E-state index contributed by atoms with van der Waals surface area (Å²) in [4.78, 5) is 8.07. The second kappa shape index (κ2) is 6.33. The molecule has 0 atom stereocenters. The van der Waals surface area contributed by atoms with Crippen molar-refractivity contribution in [3.63, 3.8) is 0 Å². The second-order valence-corrected chi connectivity index (χ2v) is 4.66. The van der Waals surface area contributed by atoms with Gasteiger partial charge in [-0.15, -0.1) is 0 Å². The zero-order chi connectivity index (χ0) is 12.8. The average Bonchev–Trinajstić information content (AvgIpc) is 2.78. The quantitative estimate of drug-likeness (QED) is 0.764. The highest BCUT2D eigenvalue weighted by Crippen LogP contribution is 2.15. The number of hydrogen-bond donors (Lipinski definition) is 1. The van der Waals surface area contributed by atoms with Crippen LogP contribution in [0.3, 0.4) is 0 Å². The maximum atomic E-state index is 5.77. The van der Waals surface area contributed by atoms with Crippen LogP contribution in [0.15, 0.2) is 12.5 Å². The van der Waals surface area contributed by atoms with Crippen molar-refractivity contribution in [1.29, 1.82) is 0 Å². The number of rotatable bonds is 7. The molecular weight excluding hydrogens is 226 g/mol. The van der Waals surface area contributed by atoms with Crippen molar-refractivity contribution in [3.05, 3.63) is 12.5 Å². The fourth-order valence-corrected chi connectivity index (χ4v) is 2.07. The van der Waals surface area contributed by atoms with Gasteiger partial charge in [0.25, 0.3) is 0 Å². The summed E-state index contributed by atoms with van der Waals surface area (Å²) in [6, 6.07) is 0. The predicted molar refractivity (Wildman–Crippen MR) is 73.1 cm³/mol. The number of anilines is 1. The first-order chi connectivity index (χ1) is 8.81. The molecular formula is C13H21N5. The zero-order valence-corrected chi connectivity index (χ0v) is 11.0. The van der Waals surface area contributed by atoms with E-state index in [0.717, 1.165) is 18.4 Å². The number of unbranched alkanes of at least 4 members (excludes halogenated alkanes) is 5. The van der Waals surface area contributed by atoms with Gasteiger partial charge in [0.1, 0.15) is 12.1 Å². The minimum absolute atomic E-state index is 0.509. The van der Waals surface area contributed by atoms with Crippen molar-refractivity contribution in [2.45, 2.75) is 52.0 Å². The van der Waals surface area contributed by atoms with Gasteiger partial charge >= 0.3 is 0 Å². The van der Waals surface area contributed by atoms with Gasteiger partial charge in [0, 0.05) is 12.7 Å². The molecule has 0 unspecified atom stereocenters. The van der Waals surface area contributed by atoms with Crippen molar-refractivity contribution in [1.82, 2.24) is 19.7 Å². The van der Waals surface area contributed by atoms with Crippen LogP contribution in [0, 0.1) is 0 Å². The van der Waals surface area contributed by atoms with E-state index in [1.807, 2.05) is 10.9 Å². The van der Waals surface area contributed by atoms with E-state index in [0.29, 0.717) is 11.5 Å². The molecule has 98 valence electrons. The SMILES string of the molecule is CCCCCCCCn1cc2c(N)ncnc2n1. The lowest BCUT2D eigenvalue weighted by Gasteiger charge is -2.01. The number of fused-ring (bicyclic) bond motifs is 1. The van der Waals surface area contributed by atoms with E-state index in [-0.39, 0.29) is 0 Å². The molecule has 5 heteroatoms. The normalized spacial score (nSPS) is 11.2. The Kier molecular flexibility index (Phi) is 4.50. The van der Waals surface area contributed by atoms with Crippen LogP contribution in [0.2, 0.25) is 0 Å². The highest BCUT2D eigenvalue weighted by Gasteiger charge is 2.05. The zero-order valence-electron chi connectivity index (χ0n) is 11.0. The minimum Gasteiger partial charge on any atom is -0.383 e. The Morgan fingerprint density at radius 3 is 2.67 bits per heavy atom. The van der Waals surface area contributed by atoms with Crippen molar-refractivity contribution in [2.75, 3.05) is 5.73 Å². The van der Waals surface area contributed by atoms with E-state index >= 15 is 0 Å². The van der Waals surface area contributed by atoms with E-state index in [4.69, 9.17) is 5.73 Å². The van der Waals surface area contributed by atoms with Crippen LogP contribution in [-0.2, 0) is 6.54 Å². The number of aromatic nitrogens is 4.